The maximum absolute atomic E-state index is 12.8. The number of amides is 2. The van der Waals surface area contributed by atoms with Crippen LogP contribution in [0.2, 0.25) is 0 Å². The second-order valence-electron chi connectivity index (χ2n) is 8.11. The highest BCUT2D eigenvalue weighted by atomic mass is 79.9. The topological polar surface area (TPSA) is 107 Å². The van der Waals surface area contributed by atoms with E-state index in [2.05, 4.69) is 31.8 Å². The molecule has 2 aromatic rings. The maximum Gasteiger partial charge on any atom is 0.262 e. The number of hydrazone groups is 1. The quantitative estimate of drug-likeness (QED) is 0.321. The van der Waals surface area contributed by atoms with Gasteiger partial charge in [-0.05, 0) is 71.1 Å². The van der Waals surface area contributed by atoms with E-state index >= 15 is 0 Å². The fraction of sp³-hybridized carbons (Fsp3) is 0.400. The fourth-order valence-corrected chi connectivity index (χ4v) is 3.88. The molecule has 3 rings (SSSR count). The van der Waals surface area contributed by atoms with Gasteiger partial charge in [0.25, 0.3) is 11.8 Å². The van der Waals surface area contributed by atoms with Gasteiger partial charge < -0.3 is 24.3 Å². The first-order chi connectivity index (χ1) is 16.8. The zero-order valence-corrected chi connectivity index (χ0v) is 21.8. The highest BCUT2D eigenvalue weighted by molar-refractivity contribution is 9.10. The molecule has 2 amide bonds. The Bertz CT molecular complexity index is 1090. The van der Waals surface area contributed by atoms with Gasteiger partial charge >= 0.3 is 0 Å². The van der Waals surface area contributed by atoms with Crippen molar-refractivity contribution >= 4 is 34.0 Å². The number of carbonyl (C=O) groups excluding carboxylic acids is 2. The van der Waals surface area contributed by atoms with Crippen LogP contribution in [-0.2, 0) is 4.79 Å². The number of benzene rings is 2. The molecule has 0 saturated carbocycles. The zero-order valence-electron chi connectivity index (χ0n) is 20.2. The van der Waals surface area contributed by atoms with Crippen molar-refractivity contribution in [3.8, 4) is 23.0 Å². The summed E-state index contributed by atoms with van der Waals surface area (Å²) in [5.41, 5.74) is 3.59. The summed E-state index contributed by atoms with van der Waals surface area (Å²) >= 11 is 3.51. The predicted octanol–water partition coefficient (Wildman–Crippen LogP) is 4.27. The van der Waals surface area contributed by atoms with Gasteiger partial charge in [-0.15, -0.1) is 0 Å². The van der Waals surface area contributed by atoms with Crippen molar-refractivity contribution in [1.82, 2.24) is 10.7 Å². The van der Waals surface area contributed by atoms with Crippen molar-refractivity contribution in [2.75, 3.05) is 20.0 Å². The lowest BCUT2D eigenvalue weighted by Crippen LogP contribution is -2.48. The van der Waals surface area contributed by atoms with Gasteiger partial charge in [0.1, 0.15) is 6.04 Å². The van der Waals surface area contributed by atoms with Crippen molar-refractivity contribution in [2.45, 2.75) is 40.2 Å². The second-order valence-corrected chi connectivity index (χ2v) is 8.96. The highest BCUT2D eigenvalue weighted by Gasteiger charge is 2.25. The van der Waals surface area contributed by atoms with E-state index in [-0.39, 0.29) is 12.7 Å². The number of hydrogen-bond donors (Lipinski definition) is 2. The third-order valence-electron chi connectivity index (χ3n) is 5.04. The van der Waals surface area contributed by atoms with Gasteiger partial charge in [-0.25, -0.2) is 5.43 Å². The molecule has 9 nitrogen and oxygen atoms in total. The number of ether oxygens (including phenoxy) is 4. The van der Waals surface area contributed by atoms with E-state index in [0.717, 1.165) is 10.9 Å². The minimum Gasteiger partial charge on any atom is -0.490 e. The molecule has 0 bridgehead atoms. The molecular formula is C25H30BrN3O6. The van der Waals surface area contributed by atoms with Crippen LogP contribution >= 0.6 is 15.9 Å². The second kappa shape index (κ2) is 12.4. The molecular weight excluding hydrogens is 518 g/mol. The third-order valence-corrected chi connectivity index (χ3v) is 5.63. The van der Waals surface area contributed by atoms with Crippen LogP contribution in [0.1, 0.15) is 50.0 Å². The van der Waals surface area contributed by atoms with Crippen LogP contribution in [0.15, 0.2) is 39.9 Å². The molecule has 1 heterocycles. The summed E-state index contributed by atoms with van der Waals surface area (Å²) in [7, 11) is 0. The minimum absolute atomic E-state index is 0.118. The molecule has 10 heteroatoms. The number of nitrogens with one attached hydrogen (secondary N) is 2. The molecule has 1 aliphatic rings. The van der Waals surface area contributed by atoms with E-state index in [9.17, 15) is 9.59 Å². The average molecular weight is 548 g/mol. The molecule has 188 valence electrons. The van der Waals surface area contributed by atoms with Crippen LogP contribution in [0.4, 0.5) is 0 Å². The van der Waals surface area contributed by atoms with Gasteiger partial charge in [0, 0.05) is 5.56 Å². The molecule has 1 aliphatic heterocycles. The summed E-state index contributed by atoms with van der Waals surface area (Å²) in [6.45, 7) is 8.76. The van der Waals surface area contributed by atoms with Crippen molar-refractivity contribution in [1.29, 1.82) is 0 Å². The van der Waals surface area contributed by atoms with Gasteiger partial charge in [-0.1, -0.05) is 20.8 Å². The lowest BCUT2D eigenvalue weighted by Gasteiger charge is -2.20. The molecule has 0 aromatic heterocycles. The summed E-state index contributed by atoms with van der Waals surface area (Å²) in [6, 6.07) is 7.70. The molecule has 0 fully saturated rings. The molecule has 2 aromatic carbocycles. The standard InChI is InChI=1S/C25H30BrN3O6/c1-5-9-33-23-18(26)10-16(11-21(23)32-6-2)13-27-29-25(31)22(15(3)4)28-24(30)17-7-8-19-20(12-17)35-14-34-19/h7-8,10-13,15,22H,5-6,9,14H2,1-4H3,(H,28,30)(H,29,31)/b27-13+. The Labute approximate surface area is 213 Å². The maximum atomic E-state index is 12.8. The van der Waals surface area contributed by atoms with Gasteiger partial charge in [0.15, 0.2) is 23.0 Å². The number of hydrogen-bond acceptors (Lipinski definition) is 7. The van der Waals surface area contributed by atoms with E-state index in [1.165, 1.54) is 6.21 Å². The Balaban J connectivity index is 1.67. The Morgan fingerprint density at radius 3 is 2.63 bits per heavy atom. The number of rotatable bonds is 11. The largest absolute Gasteiger partial charge is 0.490 e. The molecule has 1 unspecified atom stereocenters. The predicted molar refractivity (Wildman–Crippen MR) is 135 cm³/mol. The third kappa shape index (κ3) is 6.88. The number of carbonyl (C=O) groups is 2. The molecule has 35 heavy (non-hydrogen) atoms. The first kappa shape index (κ1) is 26.3. The number of halogens is 1. The van der Waals surface area contributed by atoms with Gasteiger partial charge in [-0.2, -0.15) is 5.10 Å². The Morgan fingerprint density at radius 1 is 1.14 bits per heavy atom. The number of fused-ring (bicyclic) bond motifs is 1. The van der Waals surface area contributed by atoms with Crippen LogP contribution in [0.25, 0.3) is 0 Å². The lowest BCUT2D eigenvalue weighted by atomic mass is 10.0. The van der Waals surface area contributed by atoms with Crippen molar-refractivity contribution in [3.63, 3.8) is 0 Å². The fourth-order valence-electron chi connectivity index (χ4n) is 3.31. The monoisotopic (exact) mass is 547 g/mol. The van der Waals surface area contributed by atoms with Crippen molar-refractivity contribution in [3.05, 3.63) is 45.9 Å². The lowest BCUT2D eigenvalue weighted by molar-refractivity contribution is -0.123. The minimum atomic E-state index is -0.791. The Hall–Kier alpha value is -3.27. The first-order valence-electron chi connectivity index (χ1n) is 11.5. The van der Waals surface area contributed by atoms with Crippen LogP contribution < -0.4 is 29.7 Å². The van der Waals surface area contributed by atoms with E-state index in [0.29, 0.717) is 47.3 Å². The van der Waals surface area contributed by atoms with Crippen LogP contribution in [0.3, 0.4) is 0 Å². The molecule has 2 N–H and O–H groups in total. The normalized spacial score (nSPS) is 13.1. The van der Waals surface area contributed by atoms with Crippen molar-refractivity contribution in [2.24, 2.45) is 11.0 Å². The summed E-state index contributed by atoms with van der Waals surface area (Å²) in [5.74, 6) is 1.29. The summed E-state index contributed by atoms with van der Waals surface area (Å²) < 4.78 is 22.8. The van der Waals surface area contributed by atoms with E-state index in [1.54, 1.807) is 24.3 Å². The Kier molecular flexibility index (Phi) is 9.36. The molecule has 0 spiro atoms. The van der Waals surface area contributed by atoms with E-state index in [1.807, 2.05) is 33.8 Å². The van der Waals surface area contributed by atoms with E-state index in [4.69, 9.17) is 18.9 Å². The smallest absolute Gasteiger partial charge is 0.262 e. The SMILES string of the molecule is CCCOc1c(Br)cc(/C=N/NC(=O)C(NC(=O)c2ccc3c(c2)OCO3)C(C)C)cc1OCC. The highest BCUT2D eigenvalue weighted by Crippen LogP contribution is 2.36. The molecule has 1 atom stereocenters. The molecule has 0 radical (unpaired) electrons. The van der Waals surface area contributed by atoms with Crippen LogP contribution in [0, 0.1) is 5.92 Å². The summed E-state index contributed by atoms with van der Waals surface area (Å²) in [5, 5.41) is 6.85. The van der Waals surface area contributed by atoms with Gasteiger partial charge in [0.2, 0.25) is 6.79 Å². The van der Waals surface area contributed by atoms with Gasteiger partial charge in [-0.3, -0.25) is 9.59 Å². The number of nitrogens with zero attached hydrogens (tertiary/aromatic N) is 1. The average Bonchev–Trinajstić information content (AvgIpc) is 3.30. The van der Waals surface area contributed by atoms with Crippen LogP contribution in [-0.4, -0.2) is 44.1 Å². The molecule has 0 aliphatic carbocycles. The van der Waals surface area contributed by atoms with Crippen LogP contribution in [0.5, 0.6) is 23.0 Å². The summed E-state index contributed by atoms with van der Waals surface area (Å²) in [6.07, 6.45) is 2.38. The summed E-state index contributed by atoms with van der Waals surface area (Å²) in [4.78, 5) is 25.5. The Morgan fingerprint density at radius 2 is 1.91 bits per heavy atom. The van der Waals surface area contributed by atoms with Crippen molar-refractivity contribution < 1.29 is 28.5 Å². The molecule has 0 saturated heterocycles. The first-order valence-corrected chi connectivity index (χ1v) is 12.3. The zero-order chi connectivity index (χ0) is 25.4. The van der Waals surface area contributed by atoms with Gasteiger partial charge in [0.05, 0.1) is 23.9 Å². The van der Waals surface area contributed by atoms with E-state index < -0.39 is 17.9 Å².